The third-order valence-electron chi connectivity index (χ3n) is 3.72. The maximum Gasteiger partial charge on any atom is 0.233 e. The fourth-order valence-electron chi connectivity index (χ4n) is 2.57. The fraction of sp³-hybridized carbons (Fsp3) is 0.263. The summed E-state index contributed by atoms with van der Waals surface area (Å²) in [6.07, 6.45) is 3.58. The maximum absolute atomic E-state index is 12.7. The lowest BCUT2D eigenvalue weighted by molar-refractivity contribution is -0.117. The van der Waals surface area contributed by atoms with Crippen LogP contribution in [0.4, 0.5) is 5.69 Å². The molecular weight excluding hydrogens is 318 g/mol. The van der Waals surface area contributed by atoms with Crippen LogP contribution < -0.4 is 5.32 Å². The topological polar surface area (TPSA) is 45.2 Å². The van der Waals surface area contributed by atoms with Crippen molar-refractivity contribution in [3.05, 3.63) is 59.0 Å². The molecule has 1 atom stereocenters. The molecule has 0 fully saturated rings. The molecule has 1 N–H and O–H groups in total. The molecule has 0 spiro atoms. The van der Waals surface area contributed by atoms with Gasteiger partial charge in [-0.15, -0.1) is 0 Å². The van der Waals surface area contributed by atoms with E-state index in [1.165, 1.54) is 0 Å². The summed E-state index contributed by atoms with van der Waals surface area (Å²) in [5.41, 5.74) is 1.87. The molecular formula is C19H23N3OS. The molecule has 0 bridgehead atoms. The van der Waals surface area contributed by atoms with Crippen molar-refractivity contribution in [1.29, 1.82) is 0 Å². The predicted octanol–water partition coefficient (Wildman–Crippen LogP) is 4.22. The molecule has 4 nitrogen and oxygen atoms in total. The molecule has 0 aliphatic rings. The van der Waals surface area contributed by atoms with Crippen LogP contribution >= 0.6 is 11.3 Å². The van der Waals surface area contributed by atoms with Crippen LogP contribution in [0.15, 0.2) is 53.5 Å². The van der Waals surface area contributed by atoms with E-state index in [2.05, 4.69) is 10.3 Å². The Morgan fingerprint density at radius 2 is 2.08 bits per heavy atom. The summed E-state index contributed by atoms with van der Waals surface area (Å²) in [5.74, 6) is -0.158. The smallest absolute Gasteiger partial charge is 0.233 e. The van der Waals surface area contributed by atoms with E-state index in [9.17, 15) is 4.79 Å². The Kier molecular flexibility index (Phi) is 6.06. The molecule has 0 radical (unpaired) electrons. The summed E-state index contributed by atoms with van der Waals surface area (Å²) < 4.78 is 0. The molecule has 1 aromatic carbocycles. The maximum atomic E-state index is 12.7. The molecule has 3 aromatic rings. The number of thiophene rings is 1. The van der Waals surface area contributed by atoms with Crippen LogP contribution in [0.5, 0.6) is 0 Å². The third-order valence-corrected chi connectivity index (χ3v) is 4.42. The van der Waals surface area contributed by atoms with Gasteiger partial charge in [-0.3, -0.25) is 9.78 Å². The minimum absolute atomic E-state index is 0. The first kappa shape index (κ1) is 18.1. The summed E-state index contributed by atoms with van der Waals surface area (Å²) in [4.78, 5) is 18.9. The lowest BCUT2D eigenvalue weighted by Gasteiger charge is -2.20. The zero-order valence-corrected chi connectivity index (χ0v) is 14.0. The molecule has 3 rings (SSSR count). The van der Waals surface area contributed by atoms with Gasteiger partial charge in [0.15, 0.2) is 0 Å². The van der Waals surface area contributed by atoms with Crippen LogP contribution in [0.1, 0.15) is 18.9 Å². The number of benzene rings is 1. The third kappa shape index (κ3) is 4.19. The van der Waals surface area contributed by atoms with Gasteiger partial charge in [-0.05, 0) is 60.1 Å². The standard InChI is InChI=1S/C18H19N3OS.CH4/c1-21(2)11-17(15-6-8-23-12-15)18(22)20-16-4-3-14-10-19-7-5-13(14)9-16;/h3-10,12,17H,11H2,1-2H3,(H,20,22);1H4. The second-order valence-corrected chi connectivity index (χ2v) is 6.58. The van der Waals surface area contributed by atoms with Crippen LogP contribution in [-0.2, 0) is 4.79 Å². The van der Waals surface area contributed by atoms with Crippen molar-refractivity contribution in [1.82, 2.24) is 9.88 Å². The Labute approximate surface area is 147 Å². The van der Waals surface area contributed by atoms with E-state index in [0.29, 0.717) is 6.54 Å². The Balaban J connectivity index is 0.00000208. The monoisotopic (exact) mass is 341 g/mol. The van der Waals surface area contributed by atoms with E-state index in [-0.39, 0.29) is 19.3 Å². The molecule has 1 unspecified atom stereocenters. The van der Waals surface area contributed by atoms with Gasteiger partial charge in [0.05, 0.1) is 5.92 Å². The first-order valence-corrected chi connectivity index (χ1v) is 8.39. The second kappa shape index (κ2) is 8.04. The van der Waals surface area contributed by atoms with Crippen molar-refractivity contribution in [2.45, 2.75) is 13.3 Å². The van der Waals surface area contributed by atoms with Crippen molar-refractivity contribution in [2.75, 3.05) is 26.0 Å². The highest BCUT2D eigenvalue weighted by Gasteiger charge is 2.22. The molecule has 0 saturated carbocycles. The number of rotatable bonds is 5. The fourth-order valence-corrected chi connectivity index (χ4v) is 3.28. The number of nitrogens with one attached hydrogen (secondary N) is 1. The largest absolute Gasteiger partial charge is 0.325 e. The van der Waals surface area contributed by atoms with Gasteiger partial charge in [0.2, 0.25) is 5.91 Å². The lowest BCUT2D eigenvalue weighted by Crippen LogP contribution is -2.30. The number of anilines is 1. The molecule has 0 aliphatic heterocycles. The molecule has 0 saturated heterocycles. The summed E-state index contributed by atoms with van der Waals surface area (Å²) in [6, 6.07) is 9.84. The van der Waals surface area contributed by atoms with E-state index in [4.69, 9.17) is 0 Å². The molecule has 2 heterocycles. The summed E-state index contributed by atoms with van der Waals surface area (Å²) in [6.45, 7) is 0.681. The molecule has 0 aliphatic carbocycles. The van der Waals surface area contributed by atoms with Gasteiger partial charge >= 0.3 is 0 Å². The van der Waals surface area contributed by atoms with E-state index >= 15 is 0 Å². The van der Waals surface area contributed by atoms with Crippen LogP contribution in [0.2, 0.25) is 0 Å². The zero-order chi connectivity index (χ0) is 16.2. The number of hydrogen-bond donors (Lipinski definition) is 1. The second-order valence-electron chi connectivity index (χ2n) is 5.80. The van der Waals surface area contributed by atoms with Crippen molar-refractivity contribution < 1.29 is 4.79 Å². The van der Waals surface area contributed by atoms with Gasteiger partial charge in [0, 0.05) is 30.0 Å². The Bertz CT molecular complexity index is 799. The van der Waals surface area contributed by atoms with E-state index in [0.717, 1.165) is 22.0 Å². The van der Waals surface area contributed by atoms with E-state index < -0.39 is 0 Å². The van der Waals surface area contributed by atoms with Crippen LogP contribution in [0, 0.1) is 0 Å². The summed E-state index contributed by atoms with van der Waals surface area (Å²) in [5, 5.41) is 9.23. The number of likely N-dealkylation sites (N-methyl/N-ethyl adjacent to an activating group) is 1. The quantitative estimate of drug-likeness (QED) is 0.756. The predicted molar refractivity (Wildman–Crippen MR) is 103 cm³/mol. The Morgan fingerprint density at radius 3 is 2.79 bits per heavy atom. The molecule has 5 heteroatoms. The van der Waals surface area contributed by atoms with Gasteiger partial charge in [0.1, 0.15) is 0 Å². The van der Waals surface area contributed by atoms with E-state index in [1.807, 2.05) is 66.3 Å². The molecule has 1 amide bonds. The van der Waals surface area contributed by atoms with Crippen LogP contribution in [-0.4, -0.2) is 36.4 Å². The van der Waals surface area contributed by atoms with Crippen molar-refractivity contribution in [3.63, 3.8) is 0 Å². The summed E-state index contributed by atoms with van der Waals surface area (Å²) in [7, 11) is 3.96. The number of carbonyl (C=O) groups is 1. The van der Waals surface area contributed by atoms with Crippen molar-refractivity contribution in [3.8, 4) is 0 Å². The van der Waals surface area contributed by atoms with Gasteiger partial charge in [-0.25, -0.2) is 0 Å². The zero-order valence-electron chi connectivity index (χ0n) is 13.2. The molecule has 24 heavy (non-hydrogen) atoms. The number of fused-ring (bicyclic) bond motifs is 1. The summed E-state index contributed by atoms with van der Waals surface area (Å²) >= 11 is 1.62. The van der Waals surface area contributed by atoms with Crippen LogP contribution in [0.3, 0.4) is 0 Å². The SMILES string of the molecule is C.CN(C)CC(C(=O)Nc1ccc2cnccc2c1)c1ccsc1. The Morgan fingerprint density at radius 1 is 1.25 bits per heavy atom. The number of amides is 1. The highest BCUT2D eigenvalue weighted by Crippen LogP contribution is 2.23. The first-order chi connectivity index (χ1) is 11.1. The van der Waals surface area contributed by atoms with Gasteiger partial charge in [0.25, 0.3) is 0 Å². The molecule has 126 valence electrons. The number of nitrogens with zero attached hydrogens (tertiary/aromatic N) is 2. The highest BCUT2D eigenvalue weighted by atomic mass is 32.1. The minimum atomic E-state index is -0.176. The molecule has 2 aromatic heterocycles. The number of aromatic nitrogens is 1. The van der Waals surface area contributed by atoms with E-state index in [1.54, 1.807) is 17.5 Å². The average molecular weight is 341 g/mol. The average Bonchev–Trinajstić information content (AvgIpc) is 3.06. The number of hydrogen-bond acceptors (Lipinski definition) is 4. The van der Waals surface area contributed by atoms with Crippen molar-refractivity contribution >= 4 is 33.7 Å². The minimum Gasteiger partial charge on any atom is -0.325 e. The van der Waals surface area contributed by atoms with Crippen LogP contribution in [0.25, 0.3) is 10.8 Å². The lowest BCUT2D eigenvalue weighted by atomic mass is 10.0. The first-order valence-electron chi connectivity index (χ1n) is 7.45. The van der Waals surface area contributed by atoms with Gasteiger partial charge in [-0.1, -0.05) is 13.5 Å². The normalized spacial score (nSPS) is 12.0. The highest BCUT2D eigenvalue weighted by molar-refractivity contribution is 7.08. The van der Waals surface area contributed by atoms with Gasteiger partial charge < -0.3 is 10.2 Å². The Hall–Kier alpha value is -2.24. The van der Waals surface area contributed by atoms with Crippen molar-refractivity contribution in [2.24, 2.45) is 0 Å². The number of carbonyl (C=O) groups excluding carboxylic acids is 1. The number of pyridine rings is 1. The van der Waals surface area contributed by atoms with Gasteiger partial charge in [-0.2, -0.15) is 11.3 Å².